The Kier molecular flexibility index (Phi) is 5.72. The van der Waals surface area contributed by atoms with Gasteiger partial charge in [-0.3, -0.25) is 4.79 Å². The number of benzene rings is 3. The van der Waals surface area contributed by atoms with Crippen molar-refractivity contribution in [3.8, 4) is 5.75 Å². The largest absolute Gasteiger partial charge is 0.489 e. The molecular formula is C28H22ClNO4. The maximum Gasteiger partial charge on any atom is 0.336 e. The molecule has 0 spiro atoms. The molecule has 6 heteroatoms. The second kappa shape index (κ2) is 8.84. The minimum atomic E-state index is -0.634. The zero-order valence-electron chi connectivity index (χ0n) is 18.7. The topological polar surface area (TPSA) is 64.6 Å². The van der Waals surface area contributed by atoms with Gasteiger partial charge in [-0.1, -0.05) is 66.2 Å². The molecule has 0 saturated carbocycles. The number of fused-ring (bicyclic) bond motifs is 2. The van der Waals surface area contributed by atoms with Crippen molar-refractivity contribution in [2.24, 2.45) is 0 Å². The van der Waals surface area contributed by atoms with Crippen LogP contribution in [0.1, 0.15) is 39.9 Å². The van der Waals surface area contributed by atoms with Crippen LogP contribution in [-0.4, -0.2) is 18.9 Å². The van der Waals surface area contributed by atoms with Crippen LogP contribution in [-0.2, 0) is 16.1 Å². The van der Waals surface area contributed by atoms with Crippen molar-refractivity contribution in [2.75, 3.05) is 7.11 Å². The molecule has 170 valence electrons. The van der Waals surface area contributed by atoms with E-state index in [-0.39, 0.29) is 5.78 Å². The molecule has 0 amide bonds. The first-order valence-corrected chi connectivity index (χ1v) is 11.3. The standard InChI is InChI=1S/C28H22ClNO4/c1-16-23(28(32)33-2)24(25-26(30-16)19-7-3-4-8-20(19)27(25)31)21-9-5-6-10-22(21)34-15-17-11-13-18(29)14-12-17/h3-14,24,30H,15H2,1-2H3. The van der Waals surface area contributed by atoms with Crippen LogP contribution in [0.2, 0.25) is 5.02 Å². The average Bonchev–Trinajstić information content (AvgIpc) is 3.14. The van der Waals surface area contributed by atoms with Crippen LogP contribution < -0.4 is 10.1 Å². The lowest BCUT2D eigenvalue weighted by molar-refractivity contribution is -0.136. The van der Waals surface area contributed by atoms with Gasteiger partial charge in [-0.25, -0.2) is 4.79 Å². The molecule has 1 atom stereocenters. The van der Waals surface area contributed by atoms with Gasteiger partial charge in [-0.2, -0.15) is 0 Å². The van der Waals surface area contributed by atoms with Gasteiger partial charge in [0.25, 0.3) is 0 Å². The summed E-state index contributed by atoms with van der Waals surface area (Å²) in [6.07, 6.45) is 0. The molecule has 5 nitrogen and oxygen atoms in total. The molecule has 1 heterocycles. The Morgan fingerprint density at radius 1 is 0.971 bits per heavy atom. The van der Waals surface area contributed by atoms with Gasteiger partial charge in [0.05, 0.1) is 24.3 Å². The fourth-order valence-electron chi connectivity index (χ4n) is 4.61. The highest BCUT2D eigenvalue weighted by Crippen LogP contribution is 2.48. The van der Waals surface area contributed by atoms with E-state index < -0.39 is 11.9 Å². The van der Waals surface area contributed by atoms with Crippen molar-refractivity contribution in [2.45, 2.75) is 19.4 Å². The molecule has 2 aliphatic rings. The van der Waals surface area contributed by atoms with Crippen molar-refractivity contribution in [3.63, 3.8) is 0 Å². The molecule has 5 rings (SSSR count). The average molecular weight is 472 g/mol. The number of halogens is 1. The summed E-state index contributed by atoms with van der Waals surface area (Å²) in [7, 11) is 1.34. The van der Waals surface area contributed by atoms with Crippen LogP contribution in [0.5, 0.6) is 5.75 Å². The zero-order chi connectivity index (χ0) is 23.8. The highest BCUT2D eigenvalue weighted by molar-refractivity contribution is 6.30. The molecular weight excluding hydrogens is 450 g/mol. The molecule has 34 heavy (non-hydrogen) atoms. The number of ether oxygens (including phenoxy) is 2. The number of rotatable bonds is 5. The van der Waals surface area contributed by atoms with E-state index in [1.165, 1.54) is 7.11 Å². The third kappa shape index (κ3) is 3.68. The molecule has 0 bridgehead atoms. The van der Waals surface area contributed by atoms with Gasteiger partial charge in [-0.15, -0.1) is 0 Å². The summed E-state index contributed by atoms with van der Waals surface area (Å²) in [6, 6.07) is 22.4. The Bertz CT molecular complexity index is 1370. The molecule has 0 fully saturated rings. The number of hydrogen-bond donors (Lipinski definition) is 1. The SMILES string of the molecule is COC(=O)C1=C(C)NC2=C(C(=O)c3ccccc32)C1c1ccccc1OCc1ccc(Cl)cc1. The van der Waals surface area contributed by atoms with E-state index >= 15 is 0 Å². The highest BCUT2D eigenvalue weighted by Gasteiger charge is 2.43. The number of dihydropyridines is 1. The molecule has 1 aliphatic carbocycles. The molecule has 1 unspecified atom stereocenters. The molecule has 0 saturated heterocycles. The maximum atomic E-state index is 13.6. The summed E-state index contributed by atoms with van der Waals surface area (Å²) in [5.41, 5.74) is 5.41. The fraction of sp³-hybridized carbons (Fsp3) is 0.143. The number of methoxy groups -OCH3 is 1. The van der Waals surface area contributed by atoms with Crippen molar-refractivity contribution in [1.82, 2.24) is 5.32 Å². The number of para-hydroxylation sites is 1. The second-order valence-corrected chi connectivity index (χ2v) is 8.64. The third-order valence-electron chi connectivity index (χ3n) is 6.19. The van der Waals surface area contributed by atoms with Crippen molar-refractivity contribution in [1.29, 1.82) is 0 Å². The van der Waals surface area contributed by atoms with Crippen LogP contribution in [0, 0.1) is 0 Å². The number of nitrogens with one attached hydrogen (secondary N) is 1. The Hall–Kier alpha value is -3.83. The summed E-state index contributed by atoms with van der Waals surface area (Å²) < 4.78 is 11.3. The van der Waals surface area contributed by atoms with Crippen LogP contribution in [0.15, 0.2) is 89.6 Å². The zero-order valence-corrected chi connectivity index (χ0v) is 19.5. The lowest BCUT2D eigenvalue weighted by Gasteiger charge is -2.30. The predicted octanol–water partition coefficient (Wildman–Crippen LogP) is 5.66. The number of ketones is 1. The lowest BCUT2D eigenvalue weighted by atomic mass is 9.79. The molecule has 1 N–H and O–H groups in total. The minimum absolute atomic E-state index is 0.107. The normalized spacial score (nSPS) is 16.7. The van der Waals surface area contributed by atoms with Crippen molar-refractivity contribution < 1.29 is 19.1 Å². The number of carbonyl (C=O) groups excluding carboxylic acids is 2. The van der Waals surface area contributed by atoms with E-state index in [1.807, 2.05) is 79.7 Å². The monoisotopic (exact) mass is 471 g/mol. The van der Waals surface area contributed by atoms with Crippen LogP contribution in [0.3, 0.4) is 0 Å². The number of Topliss-reactive ketones (excluding diaryl/α,β-unsaturated/α-hetero) is 1. The van der Waals surface area contributed by atoms with Crippen LogP contribution >= 0.6 is 11.6 Å². The summed E-state index contributed by atoms with van der Waals surface area (Å²) in [4.78, 5) is 26.5. The Morgan fingerprint density at radius 3 is 2.38 bits per heavy atom. The summed E-state index contributed by atoms with van der Waals surface area (Å²) >= 11 is 6.00. The summed E-state index contributed by atoms with van der Waals surface area (Å²) in [6.45, 7) is 2.14. The number of hydrogen-bond acceptors (Lipinski definition) is 5. The predicted molar refractivity (Wildman–Crippen MR) is 131 cm³/mol. The molecule has 3 aromatic carbocycles. The quantitative estimate of drug-likeness (QED) is 0.486. The number of carbonyl (C=O) groups is 2. The highest BCUT2D eigenvalue weighted by atomic mass is 35.5. The lowest BCUT2D eigenvalue weighted by Crippen LogP contribution is -2.29. The van der Waals surface area contributed by atoms with E-state index in [9.17, 15) is 9.59 Å². The minimum Gasteiger partial charge on any atom is -0.489 e. The van der Waals surface area contributed by atoms with Gasteiger partial charge < -0.3 is 14.8 Å². The smallest absolute Gasteiger partial charge is 0.336 e. The van der Waals surface area contributed by atoms with Crippen LogP contribution in [0.4, 0.5) is 0 Å². The van der Waals surface area contributed by atoms with E-state index in [1.54, 1.807) is 0 Å². The summed E-state index contributed by atoms with van der Waals surface area (Å²) in [5.74, 6) is -0.638. The van der Waals surface area contributed by atoms with Gasteiger partial charge >= 0.3 is 5.97 Å². The van der Waals surface area contributed by atoms with Crippen molar-refractivity contribution in [3.05, 3.63) is 117 Å². The molecule has 0 aromatic heterocycles. The van der Waals surface area contributed by atoms with Gasteiger partial charge in [-0.05, 0) is 30.7 Å². The van der Waals surface area contributed by atoms with Gasteiger partial charge in [0.15, 0.2) is 5.78 Å². The first kappa shape index (κ1) is 22.0. The van der Waals surface area contributed by atoms with Gasteiger partial charge in [0.2, 0.25) is 0 Å². The van der Waals surface area contributed by atoms with Crippen LogP contribution in [0.25, 0.3) is 5.70 Å². The van der Waals surface area contributed by atoms with Crippen molar-refractivity contribution >= 4 is 29.1 Å². The van der Waals surface area contributed by atoms with E-state index in [0.717, 1.165) is 22.4 Å². The Balaban J connectivity index is 1.61. The maximum absolute atomic E-state index is 13.6. The van der Waals surface area contributed by atoms with E-state index in [4.69, 9.17) is 21.1 Å². The number of allylic oxidation sites excluding steroid dienone is 2. The first-order chi connectivity index (χ1) is 16.5. The molecule has 3 aromatic rings. The second-order valence-electron chi connectivity index (χ2n) is 8.20. The first-order valence-electron chi connectivity index (χ1n) is 10.9. The van der Waals surface area contributed by atoms with Gasteiger partial charge in [0, 0.05) is 33.0 Å². The van der Waals surface area contributed by atoms with E-state index in [2.05, 4.69) is 5.32 Å². The third-order valence-corrected chi connectivity index (χ3v) is 6.44. The summed E-state index contributed by atoms with van der Waals surface area (Å²) in [5, 5.41) is 3.95. The molecule has 1 aliphatic heterocycles. The fourth-order valence-corrected chi connectivity index (χ4v) is 4.74. The van der Waals surface area contributed by atoms with E-state index in [0.29, 0.717) is 39.8 Å². The Labute approximate surface area is 202 Å². The number of esters is 1. The van der Waals surface area contributed by atoms with Gasteiger partial charge in [0.1, 0.15) is 12.4 Å². The molecule has 0 radical (unpaired) electrons. The Morgan fingerprint density at radius 2 is 1.65 bits per heavy atom.